The fourth-order valence-electron chi connectivity index (χ4n) is 1.79. The predicted molar refractivity (Wildman–Crippen MR) is 73.1 cm³/mol. The standard InChI is InChI=1S/C15H14F2N2O/c1-9(10-2-5-12(18)6-3-10)19-15(20)11-4-7-13(16)14(17)8-11/h2-9H,18H2,1H3,(H,19,20). The summed E-state index contributed by atoms with van der Waals surface area (Å²) in [5.41, 5.74) is 7.16. The molecule has 0 heterocycles. The molecule has 2 aromatic rings. The largest absolute Gasteiger partial charge is 0.399 e. The van der Waals surface area contributed by atoms with Gasteiger partial charge in [-0.1, -0.05) is 12.1 Å². The lowest BCUT2D eigenvalue weighted by molar-refractivity contribution is 0.0939. The van der Waals surface area contributed by atoms with E-state index in [1.165, 1.54) is 6.07 Å². The van der Waals surface area contributed by atoms with E-state index in [4.69, 9.17) is 5.73 Å². The van der Waals surface area contributed by atoms with E-state index in [9.17, 15) is 13.6 Å². The number of carbonyl (C=O) groups excluding carboxylic acids is 1. The van der Waals surface area contributed by atoms with E-state index in [-0.39, 0.29) is 11.6 Å². The van der Waals surface area contributed by atoms with E-state index in [1.54, 1.807) is 31.2 Å². The van der Waals surface area contributed by atoms with Crippen molar-refractivity contribution in [2.24, 2.45) is 0 Å². The molecule has 0 saturated carbocycles. The summed E-state index contributed by atoms with van der Waals surface area (Å²) in [5.74, 6) is -2.49. The number of nitrogens with two attached hydrogens (primary N) is 1. The third kappa shape index (κ3) is 3.12. The van der Waals surface area contributed by atoms with Crippen LogP contribution in [-0.2, 0) is 0 Å². The Bertz CT molecular complexity index is 626. The van der Waals surface area contributed by atoms with E-state index in [0.29, 0.717) is 5.69 Å². The number of anilines is 1. The highest BCUT2D eigenvalue weighted by Gasteiger charge is 2.13. The molecule has 0 fully saturated rings. The molecular formula is C15H14F2N2O. The minimum Gasteiger partial charge on any atom is -0.399 e. The van der Waals surface area contributed by atoms with Crippen molar-refractivity contribution in [3.63, 3.8) is 0 Å². The van der Waals surface area contributed by atoms with Crippen LogP contribution < -0.4 is 11.1 Å². The van der Waals surface area contributed by atoms with E-state index in [0.717, 1.165) is 17.7 Å². The minimum absolute atomic E-state index is 0.0752. The van der Waals surface area contributed by atoms with Crippen LogP contribution in [0.5, 0.6) is 0 Å². The predicted octanol–water partition coefficient (Wildman–Crippen LogP) is 3.04. The number of carbonyl (C=O) groups is 1. The van der Waals surface area contributed by atoms with E-state index >= 15 is 0 Å². The quantitative estimate of drug-likeness (QED) is 0.847. The van der Waals surface area contributed by atoms with E-state index in [2.05, 4.69) is 5.32 Å². The molecule has 1 amide bonds. The molecule has 2 rings (SSSR count). The Balaban J connectivity index is 2.10. The monoisotopic (exact) mass is 276 g/mol. The van der Waals surface area contributed by atoms with Crippen LogP contribution in [0.4, 0.5) is 14.5 Å². The van der Waals surface area contributed by atoms with Gasteiger partial charge in [0.2, 0.25) is 0 Å². The van der Waals surface area contributed by atoms with Crippen molar-refractivity contribution < 1.29 is 13.6 Å². The van der Waals surface area contributed by atoms with Crippen LogP contribution in [0.2, 0.25) is 0 Å². The third-order valence-corrected chi connectivity index (χ3v) is 2.97. The Morgan fingerprint density at radius 3 is 2.35 bits per heavy atom. The number of nitrogens with one attached hydrogen (secondary N) is 1. The second-order valence-electron chi connectivity index (χ2n) is 4.49. The molecule has 0 aliphatic heterocycles. The fraction of sp³-hybridized carbons (Fsp3) is 0.133. The molecule has 0 bridgehead atoms. The van der Waals surface area contributed by atoms with Crippen molar-refractivity contribution >= 4 is 11.6 Å². The van der Waals surface area contributed by atoms with Crippen molar-refractivity contribution in [1.29, 1.82) is 0 Å². The van der Waals surface area contributed by atoms with Gasteiger partial charge in [-0.15, -0.1) is 0 Å². The Morgan fingerprint density at radius 2 is 1.75 bits per heavy atom. The van der Waals surface area contributed by atoms with Gasteiger partial charge in [-0.05, 0) is 42.8 Å². The molecule has 3 nitrogen and oxygen atoms in total. The number of halogens is 2. The van der Waals surface area contributed by atoms with Gasteiger partial charge in [0.15, 0.2) is 11.6 Å². The summed E-state index contributed by atoms with van der Waals surface area (Å²) in [7, 11) is 0. The summed E-state index contributed by atoms with van der Waals surface area (Å²) in [4.78, 5) is 11.9. The second kappa shape index (κ2) is 5.69. The molecule has 5 heteroatoms. The van der Waals surface area contributed by atoms with Crippen molar-refractivity contribution in [3.05, 3.63) is 65.2 Å². The van der Waals surface area contributed by atoms with Crippen LogP contribution in [0.3, 0.4) is 0 Å². The van der Waals surface area contributed by atoms with Gasteiger partial charge in [0.05, 0.1) is 6.04 Å². The lowest BCUT2D eigenvalue weighted by Crippen LogP contribution is -2.26. The summed E-state index contributed by atoms with van der Waals surface area (Å²) in [6, 6.07) is 9.83. The zero-order valence-corrected chi connectivity index (χ0v) is 10.9. The van der Waals surface area contributed by atoms with Gasteiger partial charge in [0.25, 0.3) is 5.91 Å². The molecule has 0 aliphatic carbocycles. The van der Waals surface area contributed by atoms with Gasteiger partial charge in [-0.25, -0.2) is 8.78 Å². The minimum atomic E-state index is -1.04. The maximum atomic E-state index is 13.1. The fourth-order valence-corrected chi connectivity index (χ4v) is 1.79. The summed E-state index contributed by atoms with van der Waals surface area (Å²) < 4.78 is 25.9. The molecule has 2 aromatic carbocycles. The normalized spacial score (nSPS) is 11.9. The molecular weight excluding hydrogens is 262 g/mol. The van der Waals surface area contributed by atoms with Crippen molar-refractivity contribution in [3.8, 4) is 0 Å². The summed E-state index contributed by atoms with van der Waals surface area (Å²) in [6.07, 6.45) is 0. The molecule has 20 heavy (non-hydrogen) atoms. The van der Waals surface area contributed by atoms with Gasteiger partial charge in [-0.2, -0.15) is 0 Å². The van der Waals surface area contributed by atoms with Crippen LogP contribution >= 0.6 is 0 Å². The van der Waals surface area contributed by atoms with Gasteiger partial charge in [0.1, 0.15) is 0 Å². The lowest BCUT2D eigenvalue weighted by Gasteiger charge is -2.14. The second-order valence-corrected chi connectivity index (χ2v) is 4.49. The highest BCUT2D eigenvalue weighted by Crippen LogP contribution is 2.15. The maximum Gasteiger partial charge on any atom is 0.251 e. The molecule has 0 saturated heterocycles. The number of rotatable bonds is 3. The van der Waals surface area contributed by atoms with E-state index in [1.807, 2.05) is 0 Å². The summed E-state index contributed by atoms with van der Waals surface area (Å²) in [6.45, 7) is 1.79. The lowest BCUT2D eigenvalue weighted by atomic mass is 10.1. The first kappa shape index (κ1) is 14.0. The van der Waals surface area contributed by atoms with E-state index < -0.39 is 17.5 Å². The van der Waals surface area contributed by atoms with Crippen LogP contribution in [0.15, 0.2) is 42.5 Å². The van der Waals surface area contributed by atoms with Crippen molar-refractivity contribution in [2.75, 3.05) is 5.73 Å². The SMILES string of the molecule is CC(NC(=O)c1ccc(F)c(F)c1)c1ccc(N)cc1. The first-order valence-electron chi connectivity index (χ1n) is 6.08. The molecule has 1 atom stereocenters. The van der Waals surface area contributed by atoms with Gasteiger partial charge >= 0.3 is 0 Å². The topological polar surface area (TPSA) is 55.1 Å². The molecule has 0 radical (unpaired) electrons. The highest BCUT2D eigenvalue weighted by molar-refractivity contribution is 5.94. The Kier molecular flexibility index (Phi) is 3.98. The number of hydrogen-bond acceptors (Lipinski definition) is 2. The Morgan fingerprint density at radius 1 is 1.10 bits per heavy atom. The number of amides is 1. The van der Waals surface area contributed by atoms with Crippen LogP contribution in [0.25, 0.3) is 0 Å². The van der Waals surface area contributed by atoms with Crippen molar-refractivity contribution in [1.82, 2.24) is 5.32 Å². The summed E-state index contributed by atoms with van der Waals surface area (Å²) in [5, 5.41) is 2.71. The van der Waals surface area contributed by atoms with Gasteiger partial charge in [-0.3, -0.25) is 4.79 Å². The zero-order chi connectivity index (χ0) is 14.7. The number of benzene rings is 2. The average molecular weight is 276 g/mol. The average Bonchev–Trinajstić information content (AvgIpc) is 2.42. The first-order chi connectivity index (χ1) is 9.47. The smallest absolute Gasteiger partial charge is 0.251 e. The van der Waals surface area contributed by atoms with Crippen LogP contribution in [0.1, 0.15) is 28.9 Å². The van der Waals surface area contributed by atoms with Gasteiger partial charge < -0.3 is 11.1 Å². The van der Waals surface area contributed by atoms with Crippen LogP contribution in [0, 0.1) is 11.6 Å². The zero-order valence-electron chi connectivity index (χ0n) is 10.9. The maximum absolute atomic E-state index is 13.1. The number of nitrogen functional groups attached to an aromatic ring is 1. The number of hydrogen-bond donors (Lipinski definition) is 2. The third-order valence-electron chi connectivity index (χ3n) is 2.97. The molecule has 1 unspecified atom stereocenters. The first-order valence-corrected chi connectivity index (χ1v) is 6.08. The Labute approximate surface area is 115 Å². The molecule has 104 valence electrons. The summed E-state index contributed by atoms with van der Waals surface area (Å²) >= 11 is 0. The molecule has 0 aliphatic rings. The van der Waals surface area contributed by atoms with Crippen LogP contribution in [-0.4, -0.2) is 5.91 Å². The molecule has 0 spiro atoms. The van der Waals surface area contributed by atoms with Crippen molar-refractivity contribution in [2.45, 2.75) is 13.0 Å². The Hall–Kier alpha value is -2.43. The molecule has 0 aromatic heterocycles. The van der Waals surface area contributed by atoms with Gasteiger partial charge in [0, 0.05) is 11.3 Å². The highest BCUT2D eigenvalue weighted by atomic mass is 19.2. The molecule has 3 N–H and O–H groups in total.